The smallest absolute Gasteiger partial charge is 0.265 e. The van der Waals surface area contributed by atoms with Crippen LogP contribution < -0.4 is 10.5 Å². The molecule has 0 atom stereocenters. The fourth-order valence-electron chi connectivity index (χ4n) is 1.69. The number of hydrogen-bond donors (Lipinski definition) is 2. The summed E-state index contributed by atoms with van der Waals surface area (Å²) in [6, 6.07) is 6.33. The number of aromatic nitrogens is 1. The zero-order valence-electron chi connectivity index (χ0n) is 11.0. The van der Waals surface area contributed by atoms with Crippen LogP contribution in [0, 0.1) is 13.8 Å². The number of sulfonamides is 1. The number of rotatable bonds is 3. The van der Waals surface area contributed by atoms with Gasteiger partial charge in [0.25, 0.3) is 10.0 Å². The molecule has 0 saturated carbocycles. The summed E-state index contributed by atoms with van der Waals surface area (Å²) in [7, 11) is -3.83. The Morgan fingerprint density at radius 1 is 1.25 bits per heavy atom. The van der Waals surface area contributed by atoms with Gasteiger partial charge in [0.1, 0.15) is 4.90 Å². The molecule has 1 aromatic carbocycles. The number of benzene rings is 1. The largest absolute Gasteiger partial charge is 0.398 e. The van der Waals surface area contributed by atoms with Gasteiger partial charge in [-0.3, -0.25) is 4.72 Å². The first-order chi connectivity index (χ1) is 9.31. The van der Waals surface area contributed by atoms with Crippen LogP contribution in [0.5, 0.6) is 0 Å². The molecule has 1 heterocycles. The van der Waals surface area contributed by atoms with E-state index in [1.165, 1.54) is 12.3 Å². The van der Waals surface area contributed by atoms with E-state index in [1.807, 2.05) is 13.8 Å². The number of anilines is 2. The lowest BCUT2D eigenvalue weighted by molar-refractivity contribution is 0.601. The molecule has 2 rings (SSSR count). The monoisotopic (exact) mass is 311 g/mol. The van der Waals surface area contributed by atoms with Crippen LogP contribution in [0.4, 0.5) is 11.5 Å². The number of nitrogens with zero attached hydrogens (tertiary/aromatic N) is 1. The third-order valence-corrected chi connectivity index (χ3v) is 4.60. The van der Waals surface area contributed by atoms with E-state index in [0.29, 0.717) is 0 Å². The molecule has 5 nitrogen and oxygen atoms in total. The molecule has 3 N–H and O–H groups in total. The predicted octanol–water partition coefficient (Wildman–Crippen LogP) is 2.73. The number of halogens is 1. The Morgan fingerprint density at radius 3 is 2.55 bits per heavy atom. The van der Waals surface area contributed by atoms with Crippen molar-refractivity contribution in [3.8, 4) is 0 Å². The van der Waals surface area contributed by atoms with Crippen LogP contribution in [0.2, 0.25) is 5.02 Å². The fourth-order valence-corrected chi connectivity index (χ4v) is 3.14. The van der Waals surface area contributed by atoms with Crippen LogP contribution in [-0.4, -0.2) is 13.4 Å². The summed E-state index contributed by atoms with van der Waals surface area (Å²) in [5.74, 6) is 0.0757. The molecule has 0 radical (unpaired) electrons. The Labute approximate surface area is 122 Å². The molecule has 0 aliphatic rings. The van der Waals surface area contributed by atoms with Crippen molar-refractivity contribution >= 4 is 33.1 Å². The molecule has 7 heteroatoms. The van der Waals surface area contributed by atoms with E-state index < -0.39 is 10.0 Å². The van der Waals surface area contributed by atoms with Gasteiger partial charge in [-0.15, -0.1) is 0 Å². The Hall–Kier alpha value is -1.79. The van der Waals surface area contributed by atoms with Crippen molar-refractivity contribution in [1.29, 1.82) is 0 Å². The summed E-state index contributed by atoms with van der Waals surface area (Å²) >= 11 is 5.89. The Balaban J connectivity index is 2.47. The number of nitrogen functional groups attached to an aromatic ring is 1. The Bertz CT molecular complexity index is 760. The summed E-state index contributed by atoms with van der Waals surface area (Å²) < 4.78 is 27.0. The van der Waals surface area contributed by atoms with Crippen molar-refractivity contribution < 1.29 is 8.42 Å². The molecule has 106 valence electrons. The normalized spacial score (nSPS) is 11.3. The van der Waals surface area contributed by atoms with Gasteiger partial charge < -0.3 is 5.73 Å². The lowest BCUT2D eigenvalue weighted by Crippen LogP contribution is -2.16. The molecule has 1 aromatic heterocycles. The van der Waals surface area contributed by atoms with Crippen molar-refractivity contribution in [3.05, 3.63) is 46.6 Å². The molecule has 0 fully saturated rings. The Morgan fingerprint density at radius 2 is 1.90 bits per heavy atom. The lowest BCUT2D eigenvalue weighted by atomic mass is 10.1. The molecule has 0 amide bonds. The van der Waals surface area contributed by atoms with E-state index in [-0.39, 0.29) is 21.4 Å². The summed E-state index contributed by atoms with van der Waals surface area (Å²) in [5, 5.41) is 0.221. The number of aryl methyl sites for hydroxylation is 2. The molecule has 2 aromatic rings. The highest BCUT2D eigenvalue weighted by Gasteiger charge is 2.20. The summed E-state index contributed by atoms with van der Waals surface area (Å²) in [6.45, 7) is 3.69. The first-order valence-corrected chi connectivity index (χ1v) is 7.67. The fraction of sp³-hybridized carbons (Fsp3) is 0.154. The van der Waals surface area contributed by atoms with Crippen molar-refractivity contribution in [2.24, 2.45) is 0 Å². The highest BCUT2D eigenvalue weighted by Crippen LogP contribution is 2.26. The van der Waals surface area contributed by atoms with Gasteiger partial charge >= 0.3 is 0 Å². The number of pyridine rings is 1. The molecule has 0 saturated heterocycles. The standard InChI is InChI=1S/C13H14ClN3O2S/c1-8-6-11(15)12(7-9(8)2)20(18,19)17-13-10(14)4-3-5-16-13/h3-7H,15H2,1-2H3,(H,16,17). The van der Waals surface area contributed by atoms with Crippen molar-refractivity contribution in [2.45, 2.75) is 18.7 Å². The second-order valence-corrected chi connectivity index (χ2v) is 6.47. The van der Waals surface area contributed by atoms with Crippen LogP contribution in [-0.2, 0) is 10.0 Å². The maximum atomic E-state index is 12.3. The van der Waals surface area contributed by atoms with E-state index in [9.17, 15) is 8.42 Å². The minimum Gasteiger partial charge on any atom is -0.398 e. The van der Waals surface area contributed by atoms with Gasteiger partial charge in [-0.1, -0.05) is 11.6 Å². The van der Waals surface area contributed by atoms with Gasteiger partial charge in [0.15, 0.2) is 5.82 Å². The van der Waals surface area contributed by atoms with Gasteiger partial charge in [0, 0.05) is 6.20 Å². The van der Waals surface area contributed by atoms with E-state index in [4.69, 9.17) is 17.3 Å². The third-order valence-electron chi connectivity index (χ3n) is 2.91. The van der Waals surface area contributed by atoms with Gasteiger partial charge in [0.2, 0.25) is 0 Å². The average molecular weight is 312 g/mol. The summed E-state index contributed by atoms with van der Waals surface area (Å²) in [6.07, 6.45) is 1.45. The van der Waals surface area contributed by atoms with E-state index in [2.05, 4.69) is 9.71 Å². The molecule has 0 spiro atoms. The Kier molecular flexibility index (Phi) is 3.87. The SMILES string of the molecule is Cc1cc(N)c(S(=O)(=O)Nc2ncccc2Cl)cc1C. The molecule has 0 unspecified atom stereocenters. The van der Waals surface area contributed by atoms with E-state index >= 15 is 0 Å². The van der Waals surface area contributed by atoms with Gasteiger partial charge in [-0.05, 0) is 49.2 Å². The van der Waals surface area contributed by atoms with Gasteiger partial charge in [-0.25, -0.2) is 13.4 Å². The maximum absolute atomic E-state index is 12.3. The topological polar surface area (TPSA) is 85.1 Å². The molecule has 0 bridgehead atoms. The lowest BCUT2D eigenvalue weighted by Gasteiger charge is -2.12. The van der Waals surface area contributed by atoms with Crippen LogP contribution >= 0.6 is 11.6 Å². The molecule has 0 aliphatic carbocycles. The molecular formula is C13H14ClN3O2S. The maximum Gasteiger partial charge on any atom is 0.265 e. The van der Waals surface area contributed by atoms with Gasteiger partial charge in [-0.2, -0.15) is 0 Å². The molecule has 0 aliphatic heterocycles. The first kappa shape index (κ1) is 14.6. The van der Waals surface area contributed by atoms with Crippen LogP contribution in [0.25, 0.3) is 0 Å². The molecule has 20 heavy (non-hydrogen) atoms. The zero-order chi connectivity index (χ0) is 14.9. The van der Waals surface area contributed by atoms with Crippen LogP contribution in [0.1, 0.15) is 11.1 Å². The minimum atomic E-state index is -3.83. The van der Waals surface area contributed by atoms with Crippen molar-refractivity contribution in [2.75, 3.05) is 10.5 Å². The quantitative estimate of drug-likeness (QED) is 0.853. The van der Waals surface area contributed by atoms with Crippen LogP contribution in [0.3, 0.4) is 0 Å². The summed E-state index contributed by atoms with van der Waals surface area (Å²) in [4.78, 5) is 3.91. The van der Waals surface area contributed by atoms with Gasteiger partial charge in [0.05, 0.1) is 10.7 Å². The second-order valence-electron chi connectivity index (χ2n) is 4.41. The first-order valence-electron chi connectivity index (χ1n) is 5.81. The predicted molar refractivity (Wildman–Crippen MR) is 80.4 cm³/mol. The van der Waals surface area contributed by atoms with E-state index in [0.717, 1.165) is 11.1 Å². The summed E-state index contributed by atoms with van der Waals surface area (Å²) in [5.41, 5.74) is 7.75. The average Bonchev–Trinajstić information content (AvgIpc) is 2.36. The van der Waals surface area contributed by atoms with Crippen LogP contribution in [0.15, 0.2) is 35.4 Å². The molecular weight excluding hydrogens is 298 g/mol. The second kappa shape index (κ2) is 5.30. The number of hydrogen-bond acceptors (Lipinski definition) is 4. The minimum absolute atomic E-state index is 0.0160. The zero-order valence-corrected chi connectivity index (χ0v) is 12.6. The highest BCUT2D eigenvalue weighted by molar-refractivity contribution is 7.92. The number of nitrogens with one attached hydrogen (secondary N) is 1. The third kappa shape index (κ3) is 2.86. The van der Waals surface area contributed by atoms with E-state index in [1.54, 1.807) is 18.2 Å². The van der Waals surface area contributed by atoms with Crippen molar-refractivity contribution in [1.82, 2.24) is 4.98 Å². The van der Waals surface area contributed by atoms with Crippen molar-refractivity contribution in [3.63, 3.8) is 0 Å². The highest BCUT2D eigenvalue weighted by atomic mass is 35.5. The number of nitrogens with two attached hydrogens (primary N) is 1.